The summed E-state index contributed by atoms with van der Waals surface area (Å²) in [6.07, 6.45) is 8.78. The van der Waals surface area contributed by atoms with E-state index in [1.54, 1.807) is 0 Å². The summed E-state index contributed by atoms with van der Waals surface area (Å²) in [6.45, 7) is 7.12. The van der Waals surface area contributed by atoms with Crippen LogP contribution in [0, 0.1) is 12.3 Å². The van der Waals surface area contributed by atoms with Crippen LogP contribution in [0.2, 0.25) is 0 Å². The van der Waals surface area contributed by atoms with Gasteiger partial charge >= 0.3 is 0 Å². The van der Waals surface area contributed by atoms with Crippen molar-refractivity contribution >= 4 is 0 Å². The van der Waals surface area contributed by atoms with E-state index in [1.807, 2.05) is 0 Å². The molecule has 1 unspecified atom stereocenters. The Hall–Kier alpha value is -0.520. The van der Waals surface area contributed by atoms with Gasteiger partial charge in [-0.1, -0.05) is 19.3 Å². The first-order chi connectivity index (χ1) is 6.20. The Labute approximate surface area is 82.5 Å². The lowest BCUT2D eigenvalue weighted by atomic mass is 10.1. The second kappa shape index (κ2) is 8.10. The minimum atomic E-state index is 0.336. The maximum atomic E-state index is 5.65. The highest BCUT2D eigenvalue weighted by Gasteiger charge is 2.00. The summed E-state index contributed by atoms with van der Waals surface area (Å²) in [5.41, 5.74) is 5.65. The van der Waals surface area contributed by atoms with Gasteiger partial charge < -0.3 is 5.73 Å². The largest absolute Gasteiger partial charge is 0.328 e. The lowest BCUT2D eigenvalue weighted by Crippen LogP contribution is -2.25. The van der Waals surface area contributed by atoms with E-state index in [4.69, 9.17) is 12.2 Å². The quantitative estimate of drug-likeness (QED) is 0.477. The summed E-state index contributed by atoms with van der Waals surface area (Å²) in [5, 5.41) is 0. The number of hydrogen-bond acceptors (Lipinski definition) is 2. The molecule has 0 heterocycles. The summed E-state index contributed by atoms with van der Waals surface area (Å²) in [7, 11) is 0. The van der Waals surface area contributed by atoms with Crippen molar-refractivity contribution in [2.75, 3.05) is 19.6 Å². The molecule has 0 saturated heterocycles. The van der Waals surface area contributed by atoms with Gasteiger partial charge in [-0.15, -0.1) is 6.42 Å². The Bertz CT molecular complexity index is 147. The molecule has 76 valence electrons. The summed E-state index contributed by atoms with van der Waals surface area (Å²) in [4.78, 5) is 2.28. The average molecular weight is 182 g/mol. The van der Waals surface area contributed by atoms with Crippen LogP contribution in [0.15, 0.2) is 0 Å². The SMILES string of the molecule is C#CCN(CC)CCCCC(C)N. The normalized spacial score (nSPS) is 12.8. The van der Waals surface area contributed by atoms with Crippen LogP contribution in [0.25, 0.3) is 0 Å². The molecule has 0 rings (SSSR count). The lowest BCUT2D eigenvalue weighted by molar-refractivity contribution is 0.313. The second-order valence-electron chi connectivity index (χ2n) is 3.55. The Morgan fingerprint density at radius 2 is 2.15 bits per heavy atom. The molecule has 2 nitrogen and oxygen atoms in total. The van der Waals surface area contributed by atoms with E-state index in [0.717, 1.165) is 26.1 Å². The van der Waals surface area contributed by atoms with E-state index in [1.165, 1.54) is 12.8 Å². The van der Waals surface area contributed by atoms with Crippen molar-refractivity contribution < 1.29 is 0 Å². The van der Waals surface area contributed by atoms with Gasteiger partial charge in [0.25, 0.3) is 0 Å². The molecule has 0 bridgehead atoms. The third-order valence-corrected chi connectivity index (χ3v) is 2.15. The van der Waals surface area contributed by atoms with Crippen molar-refractivity contribution in [1.82, 2.24) is 4.90 Å². The van der Waals surface area contributed by atoms with Crippen LogP contribution in [0.3, 0.4) is 0 Å². The molecule has 0 aromatic rings. The van der Waals surface area contributed by atoms with Gasteiger partial charge in [-0.2, -0.15) is 0 Å². The van der Waals surface area contributed by atoms with Gasteiger partial charge in [0.1, 0.15) is 0 Å². The zero-order valence-corrected chi connectivity index (χ0v) is 8.92. The highest BCUT2D eigenvalue weighted by atomic mass is 15.1. The third-order valence-electron chi connectivity index (χ3n) is 2.15. The van der Waals surface area contributed by atoms with Crippen molar-refractivity contribution in [2.45, 2.75) is 39.2 Å². The van der Waals surface area contributed by atoms with Crippen LogP contribution in [-0.2, 0) is 0 Å². The maximum Gasteiger partial charge on any atom is 0.0598 e. The van der Waals surface area contributed by atoms with E-state index >= 15 is 0 Å². The number of hydrogen-bond donors (Lipinski definition) is 1. The lowest BCUT2D eigenvalue weighted by Gasteiger charge is -2.17. The standard InChI is InChI=1S/C11H22N2/c1-4-9-13(5-2)10-7-6-8-11(3)12/h1,11H,5-10,12H2,2-3H3. The van der Waals surface area contributed by atoms with E-state index in [-0.39, 0.29) is 0 Å². The second-order valence-corrected chi connectivity index (χ2v) is 3.55. The van der Waals surface area contributed by atoms with Gasteiger partial charge in [-0.3, -0.25) is 4.90 Å². The molecule has 0 radical (unpaired) electrons. The smallest absolute Gasteiger partial charge is 0.0598 e. The number of rotatable bonds is 7. The first kappa shape index (κ1) is 12.5. The molecular weight excluding hydrogens is 160 g/mol. The van der Waals surface area contributed by atoms with E-state index in [9.17, 15) is 0 Å². The Morgan fingerprint density at radius 3 is 2.62 bits per heavy atom. The summed E-state index contributed by atoms with van der Waals surface area (Å²) in [6, 6.07) is 0.336. The van der Waals surface area contributed by atoms with Crippen LogP contribution < -0.4 is 5.73 Å². The minimum Gasteiger partial charge on any atom is -0.328 e. The molecule has 0 amide bonds. The van der Waals surface area contributed by atoms with Gasteiger partial charge in [-0.05, 0) is 32.9 Å². The summed E-state index contributed by atoms with van der Waals surface area (Å²) < 4.78 is 0. The monoisotopic (exact) mass is 182 g/mol. The van der Waals surface area contributed by atoms with Gasteiger partial charge in [0.15, 0.2) is 0 Å². The Balaban J connectivity index is 3.34. The van der Waals surface area contributed by atoms with E-state index in [2.05, 4.69) is 24.7 Å². The number of nitrogens with zero attached hydrogens (tertiary/aromatic N) is 1. The van der Waals surface area contributed by atoms with E-state index in [0.29, 0.717) is 6.04 Å². The fraction of sp³-hybridized carbons (Fsp3) is 0.818. The minimum absolute atomic E-state index is 0.336. The highest BCUT2D eigenvalue weighted by Crippen LogP contribution is 2.00. The van der Waals surface area contributed by atoms with Crippen LogP contribution in [-0.4, -0.2) is 30.6 Å². The van der Waals surface area contributed by atoms with Gasteiger partial charge in [0.05, 0.1) is 6.54 Å². The van der Waals surface area contributed by atoms with Crippen LogP contribution in [0.5, 0.6) is 0 Å². The molecule has 0 fully saturated rings. The number of nitrogens with two attached hydrogens (primary N) is 1. The highest BCUT2D eigenvalue weighted by molar-refractivity contribution is 4.87. The predicted octanol–water partition coefficient (Wildman–Crippen LogP) is 1.46. The Kier molecular flexibility index (Phi) is 7.77. The van der Waals surface area contributed by atoms with Gasteiger partial charge in [0, 0.05) is 6.04 Å². The molecule has 0 aromatic heterocycles. The molecule has 0 saturated carbocycles. The van der Waals surface area contributed by atoms with Gasteiger partial charge in [-0.25, -0.2) is 0 Å². The third kappa shape index (κ3) is 7.83. The molecule has 1 atom stereocenters. The van der Waals surface area contributed by atoms with Crippen molar-refractivity contribution in [2.24, 2.45) is 5.73 Å². The number of terminal acetylenes is 1. The topological polar surface area (TPSA) is 29.3 Å². The molecule has 2 N–H and O–H groups in total. The first-order valence-corrected chi connectivity index (χ1v) is 5.12. The van der Waals surface area contributed by atoms with Crippen LogP contribution in [0.1, 0.15) is 33.1 Å². The first-order valence-electron chi connectivity index (χ1n) is 5.12. The average Bonchev–Trinajstić information content (AvgIpc) is 2.10. The Morgan fingerprint density at radius 1 is 1.46 bits per heavy atom. The zero-order chi connectivity index (χ0) is 10.1. The molecule has 0 aliphatic heterocycles. The molecule has 2 heteroatoms. The molecule has 13 heavy (non-hydrogen) atoms. The van der Waals surface area contributed by atoms with Crippen LogP contribution in [0.4, 0.5) is 0 Å². The molecule has 0 aliphatic rings. The molecule has 0 aromatic carbocycles. The summed E-state index contributed by atoms with van der Waals surface area (Å²) in [5.74, 6) is 2.67. The van der Waals surface area contributed by atoms with Crippen molar-refractivity contribution in [3.63, 3.8) is 0 Å². The van der Waals surface area contributed by atoms with Crippen molar-refractivity contribution in [1.29, 1.82) is 0 Å². The molecule has 0 spiro atoms. The predicted molar refractivity (Wildman–Crippen MR) is 58.4 cm³/mol. The fourth-order valence-electron chi connectivity index (χ4n) is 1.28. The van der Waals surface area contributed by atoms with Crippen LogP contribution >= 0.6 is 0 Å². The maximum absolute atomic E-state index is 5.65. The zero-order valence-electron chi connectivity index (χ0n) is 8.92. The van der Waals surface area contributed by atoms with Gasteiger partial charge in [0.2, 0.25) is 0 Å². The van der Waals surface area contributed by atoms with Crippen molar-refractivity contribution in [3.05, 3.63) is 0 Å². The van der Waals surface area contributed by atoms with Crippen molar-refractivity contribution in [3.8, 4) is 12.3 Å². The molecular formula is C11H22N2. The fourth-order valence-corrected chi connectivity index (χ4v) is 1.28. The summed E-state index contributed by atoms with van der Waals surface area (Å²) >= 11 is 0. The van der Waals surface area contributed by atoms with E-state index < -0.39 is 0 Å². The number of unbranched alkanes of at least 4 members (excludes halogenated alkanes) is 1. The molecule has 0 aliphatic carbocycles.